The largest absolute Gasteiger partial charge is 0.349 e. The molecule has 0 amide bonds. The Morgan fingerprint density at radius 1 is 1.20 bits per heavy atom. The van der Waals surface area contributed by atoms with Gasteiger partial charge >= 0.3 is 5.69 Å². The smallest absolute Gasteiger partial charge is 0.274 e. The first-order valence-electron chi connectivity index (χ1n) is 4.35. The van der Waals surface area contributed by atoms with Gasteiger partial charge in [-0.1, -0.05) is 30.3 Å². The normalized spacial score (nSPS) is 10.7. The van der Waals surface area contributed by atoms with Gasteiger partial charge in [-0.05, 0) is 5.56 Å². The van der Waals surface area contributed by atoms with Crippen molar-refractivity contribution in [1.29, 1.82) is 0 Å². The van der Waals surface area contributed by atoms with E-state index in [2.05, 4.69) is 19.9 Å². The highest BCUT2D eigenvalue weighted by Crippen LogP contribution is 1.99. The molecule has 0 spiro atoms. The van der Waals surface area contributed by atoms with Gasteiger partial charge < -0.3 is 0 Å². The van der Waals surface area contributed by atoms with Crippen LogP contribution in [0.1, 0.15) is 5.56 Å². The monoisotopic (exact) mass is 200 g/mol. The van der Waals surface area contributed by atoms with Crippen LogP contribution >= 0.6 is 0 Å². The number of H-pyrrole nitrogens is 1. The van der Waals surface area contributed by atoms with Crippen molar-refractivity contribution in [3.05, 3.63) is 52.7 Å². The first-order chi connectivity index (χ1) is 7.34. The Morgan fingerprint density at radius 2 is 2.00 bits per heavy atom. The van der Waals surface area contributed by atoms with Crippen LogP contribution in [0.2, 0.25) is 0 Å². The summed E-state index contributed by atoms with van der Waals surface area (Å²) in [6, 6.07) is 9.55. The maximum atomic E-state index is 10.8. The average Bonchev–Trinajstić information content (AvgIpc) is 2.28. The van der Waals surface area contributed by atoms with Crippen LogP contribution in [0.3, 0.4) is 0 Å². The van der Waals surface area contributed by atoms with E-state index in [0.29, 0.717) is 0 Å². The van der Waals surface area contributed by atoms with Crippen LogP contribution in [0.15, 0.2) is 46.4 Å². The van der Waals surface area contributed by atoms with Gasteiger partial charge in [0, 0.05) is 6.21 Å². The highest BCUT2D eigenvalue weighted by molar-refractivity contribution is 5.80. The summed E-state index contributed by atoms with van der Waals surface area (Å²) < 4.78 is 0. The van der Waals surface area contributed by atoms with Crippen molar-refractivity contribution in [3.63, 3.8) is 0 Å². The van der Waals surface area contributed by atoms with Crippen LogP contribution in [0.5, 0.6) is 0 Å². The summed E-state index contributed by atoms with van der Waals surface area (Å²) in [5.41, 5.74) is 0.488. The highest BCUT2D eigenvalue weighted by atomic mass is 16.1. The van der Waals surface area contributed by atoms with E-state index in [4.69, 9.17) is 0 Å². The van der Waals surface area contributed by atoms with Crippen molar-refractivity contribution in [3.8, 4) is 0 Å². The second-order valence-corrected chi connectivity index (χ2v) is 2.80. The average molecular weight is 200 g/mol. The molecule has 0 aliphatic rings. The molecule has 5 heteroatoms. The zero-order valence-electron chi connectivity index (χ0n) is 7.79. The fraction of sp³-hybridized carbons (Fsp3) is 0. The van der Waals surface area contributed by atoms with Crippen molar-refractivity contribution in [2.75, 3.05) is 0 Å². The summed E-state index contributed by atoms with van der Waals surface area (Å²) in [6.07, 6.45) is 2.80. The van der Waals surface area contributed by atoms with Gasteiger partial charge in [-0.25, -0.2) is 14.8 Å². The number of rotatable bonds is 2. The lowest BCUT2D eigenvalue weighted by atomic mass is 10.2. The van der Waals surface area contributed by atoms with Gasteiger partial charge in [0.15, 0.2) is 0 Å². The van der Waals surface area contributed by atoms with Crippen molar-refractivity contribution >= 4 is 12.2 Å². The van der Waals surface area contributed by atoms with E-state index in [9.17, 15) is 4.79 Å². The second-order valence-electron chi connectivity index (χ2n) is 2.80. The van der Waals surface area contributed by atoms with E-state index in [0.717, 1.165) is 5.56 Å². The summed E-state index contributed by atoms with van der Waals surface area (Å²) in [5.74, 6) is 0.249. The molecule has 0 radical (unpaired) electrons. The van der Waals surface area contributed by atoms with Crippen LogP contribution in [-0.4, -0.2) is 21.2 Å². The Morgan fingerprint density at radius 3 is 2.73 bits per heavy atom. The lowest BCUT2D eigenvalue weighted by molar-refractivity contribution is 0.980. The number of nitrogens with one attached hydrogen (secondary N) is 1. The lowest BCUT2D eigenvalue weighted by Crippen LogP contribution is -2.09. The molecule has 2 rings (SSSR count). The maximum absolute atomic E-state index is 10.8. The fourth-order valence-electron chi connectivity index (χ4n) is 1.04. The molecule has 0 aliphatic carbocycles. The van der Waals surface area contributed by atoms with E-state index >= 15 is 0 Å². The third kappa shape index (κ3) is 2.57. The Hall–Kier alpha value is -2.30. The molecule has 74 valence electrons. The van der Waals surface area contributed by atoms with Crippen molar-refractivity contribution in [1.82, 2.24) is 15.0 Å². The molecule has 0 saturated heterocycles. The number of hydrogen-bond donors (Lipinski definition) is 1. The Labute approximate surface area is 85.6 Å². The SMILES string of the molecule is O=c1ncnc(/N=C/c2ccccc2)[nH]1. The second kappa shape index (κ2) is 4.28. The summed E-state index contributed by atoms with van der Waals surface area (Å²) in [7, 11) is 0. The Kier molecular flexibility index (Phi) is 2.64. The Bertz CT molecular complexity index is 518. The van der Waals surface area contributed by atoms with Crippen LogP contribution in [0.4, 0.5) is 5.95 Å². The standard InChI is InChI=1S/C10H8N4O/c15-10-13-7-12-9(14-10)11-6-8-4-2-1-3-5-8/h1-7H,(H,12,13,14,15)/b11-6+. The minimum atomic E-state index is -0.454. The van der Waals surface area contributed by atoms with Crippen LogP contribution < -0.4 is 5.69 Å². The molecule has 1 N–H and O–H groups in total. The molecule has 5 nitrogen and oxygen atoms in total. The summed E-state index contributed by atoms with van der Waals surface area (Å²) in [6.45, 7) is 0. The number of aromatic amines is 1. The van der Waals surface area contributed by atoms with E-state index < -0.39 is 5.69 Å². The van der Waals surface area contributed by atoms with Crippen LogP contribution in [0, 0.1) is 0 Å². The van der Waals surface area contributed by atoms with Crippen molar-refractivity contribution in [2.24, 2.45) is 4.99 Å². The molecule has 0 saturated carbocycles. The summed E-state index contributed by atoms with van der Waals surface area (Å²) in [4.78, 5) is 24.4. The minimum absolute atomic E-state index is 0.249. The molecule has 2 aromatic rings. The lowest BCUT2D eigenvalue weighted by Gasteiger charge is -1.91. The number of benzene rings is 1. The molecule has 0 unspecified atom stereocenters. The predicted octanol–water partition coefficient (Wildman–Crippen LogP) is 0.915. The van der Waals surface area contributed by atoms with E-state index in [-0.39, 0.29) is 5.95 Å². The fourth-order valence-corrected chi connectivity index (χ4v) is 1.04. The van der Waals surface area contributed by atoms with Gasteiger partial charge in [0.05, 0.1) is 0 Å². The van der Waals surface area contributed by atoms with E-state index in [1.165, 1.54) is 6.33 Å². The third-order valence-corrected chi connectivity index (χ3v) is 1.71. The summed E-state index contributed by atoms with van der Waals surface area (Å²) in [5, 5.41) is 0. The molecule has 1 aromatic heterocycles. The molecule has 0 atom stereocenters. The van der Waals surface area contributed by atoms with Crippen molar-refractivity contribution in [2.45, 2.75) is 0 Å². The van der Waals surface area contributed by atoms with Gasteiger partial charge in [-0.15, -0.1) is 0 Å². The quantitative estimate of drug-likeness (QED) is 0.732. The van der Waals surface area contributed by atoms with Gasteiger partial charge in [-0.2, -0.15) is 4.98 Å². The molecule has 1 aromatic carbocycles. The number of aliphatic imine (C=N–C) groups is 1. The zero-order valence-corrected chi connectivity index (χ0v) is 7.79. The minimum Gasteiger partial charge on any atom is -0.274 e. The van der Waals surface area contributed by atoms with Gasteiger partial charge in [-0.3, -0.25) is 4.98 Å². The van der Waals surface area contributed by atoms with Crippen LogP contribution in [0.25, 0.3) is 0 Å². The molecular weight excluding hydrogens is 192 g/mol. The molecule has 15 heavy (non-hydrogen) atoms. The first-order valence-corrected chi connectivity index (χ1v) is 4.35. The van der Waals surface area contributed by atoms with Gasteiger partial charge in [0.25, 0.3) is 0 Å². The predicted molar refractivity (Wildman–Crippen MR) is 56.3 cm³/mol. The number of nitrogens with zero attached hydrogens (tertiary/aromatic N) is 3. The van der Waals surface area contributed by atoms with Crippen molar-refractivity contribution < 1.29 is 0 Å². The zero-order chi connectivity index (χ0) is 10.5. The summed E-state index contributed by atoms with van der Waals surface area (Å²) >= 11 is 0. The Balaban J connectivity index is 2.23. The number of hydrogen-bond acceptors (Lipinski definition) is 4. The molecule has 0 fully saturated rings. The van der Waals surface area contributed by atoms with Gasteiger partial charge in [0.1, 0.15) is 6.33 Å². The molecule has 1 heterocycles. The molecule has 0 bridgehead atoms. The topological polar surface area (TPSA) is 71.0 Å². The van der Waals surface area contributed by atoms with E-state index in [1.54, 1.807) is 6.21 Å². The van der Waals surface area contributed by atoms with Crippen LogP contribution in [-0.2, 0) is 0 Å². The highest BCUT2D eigenvalue weighted by Gasteiger charge is 1.90. The molecular formula is C10H8N4O. The van der Waals surface area contributed by atoms with Gasteiger partial charge in [0.2, 0.25) is 5.95 Å². The molecule has 0 aliphatic heterocycles. The van der Waals surface area contributed by atoms with E-state index in [1.807, 2.05) is 30.3 Å². The number of aromatic nitrogens is 3. The first kappa shape index (κ1) is 9.26. The third-order valence-electron chi connectivity index (χ3n) is 1.71. The maximum Gasteiger partial charge on any atom is 0.349 e.